The number of hydrogen-bond acceptors (Lipinski definition) is 2. The maximum atomic E-state index is 13.6. The third kappa shape index (κ3) is 4.08. The van der Waals surface area contributed by atoms with Crippen LogP contribution in [-0.2, 0) is 6.54 Å². The van der Waals surface area contributed by atoms with E-state index in [0.29, 0.717) is 12.1 Å². The molecule has 1 fully saturated rings. The van der Waals surface area contributed by atoms with Crippen LogP contribution in [0.25, 0.3) is 33.2 Å². The first kappa shape index (κ1) is 21.5. The summed E-state index contributed by atoms with van der Waals surface area (Å²) in [5, 5.41) is 2.27. The second kappa shape index (κ2) is 8.99. The number of nitrogens with zero attached hydrogens (tertiary/aromatic N) is 3. The molecule has 0 bridgehead atoms. The Hall–Kier alpha value is -3.99. The molecule has 5 heteroatoms. The maximum Gasteiger partial charge on any atom is 0.253 e. The lowest BCUT2D eigenvalue weighted by Crippen LogP contribution is -2.35. The highest BCUT2D eigenvalue weighted by Gasteiger charge is 2.21. The average molecular weight is 464 g/mol. The number of imidazole rings is 1. The number of carbonyl (C=O) groups is 1. The molecule has 174 valence electrons. The summed E-state index contributed by atoms with van der Waals surface area (Å²) in [6, 6.07) is 26.9. The lowest BCUT2D eigenvalue weighted by molar-refractivity contribution is 0.0724. The SMILES string of the molecule is O=C(c1ccc2nc(-c3cccc4ccccc34)n(Cc3ccc(F)cc3)c2c1)N1CCCCC1. The number of likely N-dealkylation sites (tertiary alicyclic amines) is 1. The van der Waals surface area contributed by atoms with E-state index in [-0.39, 0.29) is 11.7 Å². The highest BCUT2D eigenvalue weighted by atomic mass is 19.1. The zero-order chi connectivity index (χ0) is 23.8. The van der Waals surface area contributed by atoms with Gasteiger partial charge in [-0.25, -0.2) is 9.37 Å². The summed E-state index contributed by atoms with van der Waals surface area (Å²) in [6.07, 6.45) is 3.30. The lowest BCUT2D eigenvalue weighted by atomic mass is 10.0. The molecule has 0 aliphatic carbocycles. The molecule has 5 aromatic rings. The van der Waals surface area contributed by atoms with Gasteiger partial charge in [0.15, 0.2) is 0 Å². The molecule has 1 saturated heterocycles. The average Bonchev–Trinajstić information content (AvgIpc) is 3.27. The van der Waals surface area contributed by atoms with Gasteiger partial charge in [0.05, 0.1) is 11.0 Å². The van der Waals surface area contributed by atoms with Crippen LogP contribution in [0.1, 0.15) is 35.2 Å². The number of piperidine rings is 1. The van der Waals surface area contributed by atoms with Gasteiger partial charge in [0.1, 0.15) is 11.6 Å². The van der Waals surface area contributed by atoms with Crippen LogP contribution in [0, 0.1) is 5.82 Å². The van der Waals surface area contributed by atoms with Gasteiger partial charge >= 0.3 is 0 Å². The molecular formula is C30H26FN3O. The van der Waals surface area contributed by atoms with E-state index in [4.69, 9.17) is 4.98 Å². The number of aromatic nitrogens is 2. The van der Waals surface area contributed by atoms with Crippen LogP contribution in [0.5, 0.6) is 0 Å². The Morgan fingerprint density at radius 1 is 0.857 bits per heavy atom. The van der Waals surface area contributed by atoms with Crippen molar-refractivity contribution in [2.75, 3.05) is 13.1 Å². The van der Waals surface area contributed by atoms with E-state index in [1.54, 1.807) is 12.1 Å². The Balaban J connectivity index is 1.52. The second-order valence-electron chi connectivity index (χ2n) is 9.23. The van der Waals surface area contributed by atoms with Crippen molar-refractivity contribution in [1.82, 2.24) is 14.5 Å². The number of fused-ring (bicyclic) bond motifs is 2. The van der Waals surface area contributed by atoms with Gasteiger partial charge in [0.25, 0.3) is 5.91 Å². The largest absolute Gasteiger partial charge is 0.339 e. The summed E-state index contributed by atoms with van der Waals surface area (Å²) in [5.74, 6) is 0.657. The summed E-state index contributed by atoms with van der Waals surface area (Å²) in [5.41, 5.74) is 4.43. The molecule has 0 saturated carbocycles. The smallest absolute Gasteiger partial charge is 0.253 e. The van der Waals surface area contributed by atoms with Gasteiger partial charge in [-0.15, -0.1) is 0 Å². The molecule has 0 unspecified atom stereocenters. The Bertz CT molecular complexity index is 1530. The molecule has 1 amide bonds. The van der Waals surface area contributed by atoms with E-state index < -0.39 is 0 Å². The molecule has 6 rings (SSSR count). The van der Waals surface area contributed by atoms with Crippen molar-refractivity contribution in [1.29, 1.82) is 0 Å². The van der Waals surface area contributed by atoms with Crippen LogP contribution in [0.15, 0.2) is 84.9 Å². The van der Waals surface area contributed by atoms with Crippen LogP contribution >= 0.6 is 0 Å². The van der Waals surface area contributed by atoms with Gasteiger partial charge in [0, 0.05) is 30.8 Å². The minimum Gasteiger partial charge on any atom is -0.339 e. The first-order valence-electron chi connectivity index (χ1n) is 12.2. The summed E-state index contributed by atoms with van der Waals surface area (Å²) in [4.78, 5) is 20.2. The highest BCUT2D eigenvalue weighted by molar-refractivity contribution is 6.00. The maximum absolute atomic E-state index is 13.6. The van der Waals surface area contributed by atoms with Crippen LogP contribution in [0.4, 0.5) is 4.39 Å². The van der Waals surface area contributed by atoms with Gasteiger partial charge < -0.3 is 9.47 Å². The van der Waals surface area contributed by atoms with Crippen molar-refractivity contribution in [3.8, 4) is 11.4 Å². The molecule has 4 aromatic carbocycles. The number of benzene rings is 4. The zero-order valence-electron chi connectivity index (χ0n) is 19.5. The summed E-state index contributed by atoms with van der Waals surface area (Å²) in [6.45, 7) is 2.15. The number of rotatable bonds is 4. The molecule has 1 aromatic heterocycles. The molecule has 0 spiro atoms. The van der Waals surface area contributed by atoms with Gasteiger partial charge in [-0.1, -0.05) is 54.6 Å². The minimum atomic E-state index is -0.257. The standard InChI is InChI=1S/C30H26FN3O/c31-24-14-11-21(12-15-24)20-34-28-19-23(30(35)33-17-4-1-5-18-33)13-16-27(28)32-29(34)26-10-6-8-22-7-2-3-9-25(22)26/h2-3,6-16,19H,1,4-5,17-18,20H2. The van der Waals surface area contributed by atoms with Crippen LogP contribution in [-0.4, -0.2) is 33.4 Å². The molecule has 4 nitrogen and oxygen atoms in total. The third-order valence-electron chi connectivity index (χ3n) is 6.92. The van der Waals surface area contributed by atoms with Crippen molar-refractivity contribution in [2.45, 2.75) is 25.8 Å². The fraction of sp³-hybridized carbons (Fsp3) is 0.200. The molecular weight excluding hydrogens is 437 g/mol. The van der Waals surface area contributed by atoms with Crippen LogP contribution in [0.2, 0.25) is 0 Å². The third-order valence-corrected chi connectivity index (χ3v) is 6.92. The summed E-state index contributed by atoms with van der Waals surface area (Å²) in [7, 11) is 0. The number of carbonyl (C=O) groups excluding carboxylic acids is 1. The number of amides is 1. The van der Waals surface area contributed by atoms with Gasteiger partial charge in [-0.3, -0.25) is 4.79 Å². The molecule has 0 radical (unpaired) electrons. The normalized spacial score (nSPS) is 14.0. The minimum absolute atomic E-state index is 0.0767. The van der Waals surface area contributed by atoms with Gasteiger partial charge in [-0.05, 0) is 65.9 Å². The summed E-state index contributed by atoms with van der Waals surface area (Å²) >= 11 is 0. The van der Waals surface area contributed by atoms with E-state index >= 15 is 0 Å². The molecule has 2 heterocycles. The first-order valence-corrected chi connectivity index (χ1v) is 12.2. The van der Waals surface area contributed by atoms with E-state index in [1.165, 1.54) is 18.6 Å². The monoisotopic (exact) mass is 463 g/mol. The summed E-state index contributed by atoms with van der Waals surface area (Å²) < 4.78 is 15.7. The van der Waals surface area contributed by atoms with Gasteiger partial charge in [0.2, 0.25) is 0 Å². The fourth-order valence-electron chi connectivity index (χ4n) is 5.09. The lowest BCUT2D eigenvalue weighted by Gasteiger charge is -2.26. The molecule has 0 N–H and O–H groups in total. The van der Waals surface area contributed by atoms with E-state index in [9.17, 15) is 9.18 Å². The highest BCUT2D eigenvalue weighted by Crippen LogP contribution is 2.32. The predicted octanol–water partition coefficient (Wildman–Crippen LogP) is 6.67. The fourth-order valence-corrected chi connectivity index (χ4v) is 5.09. The van der Waals surface area contributed by atoms with Crippen molar-refractivity contribution >= 4 is 27.7 Å². The molecule has 1 aliphatic rings. The van der Waals surface area contributed by atoms with Crippen LogP contribution < -0.4 is 0 Å². The van der Waals surface area contributed by atoms with Gasteiger partial charge in [-0.2, -0.15) is 0 Å². The topological polar surface area (TPSA) is 38.1 Å². The van der Waals surface area contributed by atoms with Crippen LogP contribution in [0.3, 0.4) is 0 Å². The quantitative estimate of drug-likeness (QED) is 0.299. The van der Waals surface area contributed by atoms with Crippen molar-refractivity contribution in [3.63, 3.8) is 0 Å². The Morgan fingerprint density at radius 3 is 2.46 bits per heavy atom. The molecule has 0 atom stereocenters. The molecule has 35 heavy (non-hydrogen) atoms. The van der Waals surface area contributed by atoms with E-state index in [2.05, 4.69) is 28.8 Å². The number of halogens is 1. The van der Waals surface area contributed by atoms with Crippen molar-refractivity contribution in [2.24, 2.45) is 0 Å². The van der Waals surface area contributed by atoms with E-state index in [0.717, 1.165) is 64.7 Å². The Kier molecular flexibility index (Phi) is 5.53. The van der Waals surface area contributed by atoms with Crippen molar-refractivity contribution < 1.29 is 9.18 Å². The zero-order valence-corrected chi connectivity index (χ0v) is 19.5. The predicted molar refractivity (Wildman–Crippen MR) is 138 cm³/mol. The molecule has 1 aliphatic heterocycles. The first-order chi connectivity index (χ1) is 17.2. The number of hydrogen-bond donors (Lipinski definition) is 0. The Morgan fingerprint density at radius 2 is 1.63 bits per heavy atom. The Labute approximate surface area is 203 Å². The van der Waals surface area contributed by atoms with E-state index in [1.807, 2.05) is 41.3 Å². The second-order valence-corrected chi connectivity index (χ2v) is 9.23. The van der Waals surface area contributed by atoms with Crippen molar-refractivity contribution in [3.05, 3.63) is 102 Å².